The molecule has 21 heavy (non-hydrogen) atoms. The van der Waals surface area contributed by atoms with Gasteiger partial charge in [-0.2, -0.15) is 11.8 Å². The molecule has 0 aliphatic heterocycles. The lowest BCUT2D eigenvalue weighted by Crippen LogP contribution is -2.25. The lowest BCUT2D eigenvalue weighted by Gasteiger charge is -2.17. The van der Waals surface area contributed by atoms with Crippen LogP contribution in [0.15, 0.2) is 18.2 Å². The van der Waals surface area contributed by atoms with Crippen molar-refractivity contribution in [2.45, 2.75) is 19.6 Å². The Hall–Kier alpha value is -1.15. The van der Waals surface area contributed by atoms with E-state index < -0.39 is 0 Å². The van der Waals surface area contributed by atoms with Crippen LogP contribution in [-0.2, 0) is 5.75 Å². The molecule has 1 N–H and O–H groups in total. The molecule has 0 heterocycles. The van der Waals surface area contributed by atoms with Gasteiger partial charge in [0, 0.05) is 18.1 Å². The standard InChI is InChI=1S/C17H25NO2S/c1-4-18(5-2)10-12-21-14-15-8-9-17(20-3)16(13-15)7-6-11-19/h8-9,13,19H,4-5,10-12,14H2,1-3H3. The molecule has 1 rings (SSSR count). The van der Waals surface area contributed by atoms with Crippen molar-refractivity contribution < 1.29 is 9.84 Å². The molecule has 0 atom stereocenters. The van der Waals surface area contributed by atoms with Gasteiger partial charge in [-0.1, -0.05) is 31.8 Å². The first kappa shape index (κ1) is 17.9. The molecule has 1 aromatic carbocycles. The van der Waals surface area contributed by atoms with Crippen LogP contribution in [0.3, 0.4) is 0 Å². The Morgan fingerprint density at radius 1 is 1.29 bits per heavy atom. The minimum absolute atomic E-state index is 0.133. The molecule has 0 radical (unpaired) electrons. The molecule has 0 bridgehead atoms. The van der Waals surface area contributed by atoms with Crippen molar-refractivity contribution in [2.75, 3.05) is 39.1 Å². The van der Waals surface area contributed by atoms with Crippen molar-refractivity contribution in [1.29, 1.82) is 0 Å². The third-order valence-corrected chi connectivity index (χ3v) is 4.29. The number of rotatable bonds is 8. The van der Waals surface area contributed by atoms with Gasteiger partial charge in [-0.15, -0.1) is 0 Å². The fourth-order valence-electron chi connectivity index (χ4n) is 2.00. The van der Waals surface area contributed by atoms with E-state index in [0.29, 0.717) is 0 Å². The summed E-state index contributed by atoms with van der Waals surface area (Å²) < 4.78 is 5.29. The van der Waals surface area contributed by atoms with Crippen LogP contribution in [0.2, 0.25) is 0 Å². The molecule has 0 aromatic heterocycles. The Morgan fingerprint density at radius 2 is 2.05 bits per heavy atom. The second-order valence-corrected chi connectivity index (χ2v) is 5.68. The molecule has 116 valence electrons. The van der Waals surface area contributed by atoms with Gasteiger partial charge in [0.15, 0.2) is 0 Å². The number of hydrogen-bond acceptors (Lipinski definition) is 4. The van der Waals surface area contributed by atoms with Gasteiger partial charge in [-0.05, 0) is 30.8 Å². The molecule has 0 amide bonds. The van der Waals surface area contributed by atoms with Crippen LogP contribution in [0.4, 0.5) is 0 Å². The average molecular weight is 307 g/mol. The minimum Gasteiger partial charge on any atom is -0.495 e. The zero-order valence-electron chi connectivity index (χ0n) is 13.2. The largest absolute Gasteiger partial charge is 0.495 e. The van der Waals surface area contributed by atoms with E-state index in [1.165, 1.54) is 5.56 Å². The molecular weight excluding hydrogens is 282 g/mol. The fraction of sp³-hybridized carbons (Fsp3) is 0.529. The van der Waals surface area contributed by atoms with E-state index in [0.717, 1.165) is 42.5 Å². The van der Waals surface area contributed by atoms with Crippen molar-refractivity contribution in [1.82, 2.24) is 4.90 Å². The second kappa shape index (κ2) is 10.6. The smallest absolute Gasteiger partial charge is 0.134 e. The number of aliphatic hydroxyl groups excluding tert-OH is 1. The minimum atomic E-state index is -0.133. The summed E-state index contributed by atoms with van der Waals surface area (Å²) in [5.74, 6) is 8.47. The van der Waals surface area contributed by atoms with E-state index in [1.807, 2.05) is 23.9 Å². The number of methoxy groups -OCH3 is 1. The lowest BCUT2D eigenvalue weighted by molar-refractivity contribution is 0.324. The van der Waals surface area contributed by atoms with Crippen LogP contribution in [0.5, 0.6) is 5.75 Å². The normalized spacial score (nSPS) is 10.3. The van der Waals surface area contributed by atoms with E-state index in [4.69, 9.17) is 9.84 Å². The number of thioether (sulfide) groups is 1. The Labute approximate surface area is 132 Å². The Morgan fingerprint density at radius 3 is 2.67 bits per heavy atom. The molecule has 0 fully saturated rings. The summed E-state index contributed by atoms with van der Waals surface area (Å²) in [5.41, 5.74) is 2.08. The van der Waals surface area contributed by atoms with Crippen LogP contribution >= 0.6 is 11.8 Å². The highest BCUT2D eigenvalue weighted by molar-refractivity contribution is 7.98. The number of ether oxygens (including phenoxy) is 1. The van der Waals surface area contributed by atoms with Crippen molar-refractivity contribution in [2.24, 2.45) is 0 Å². The van der Waals surface area contributed by atoms with Gasteiger partial charge in [-0.25, -0.2) is 0 Å². The molecule has 0 aliphatic rings. The van der Waals surface area contributed by atoms with Gasteiger partial charge >= 0.3 is 0 Å². The third-order valence-electron chi connectivity index (χ3n) is 3.28. The maximum Gasteiger partial charge on any atom is 0.134 e. The van der Waals surface area contributed by atoms with Crippen molar-refractivity contribution in [3.8, 4) is 17.6 Å². The molecule has 1 aromatic rings. The zero-order valence-corrected chi connectivity index (χ0v) is 14.0. The van der Waals surface area contributed by atoms with Crippen molar-refractivity contribution >= 4 is 11.8 Å². The molecular formula is C17H25NO2S. The van der Waals surface area contributed by atoms with Gasteiger partial charge < -0.3 is 14.7 Å². The molecule has 0 aliphatic carbocycles. The van der Waals surface area contributed by atoms with Crippen LogP contribution < -0.4 is 4.74 Å². The van der Waals surface area contributed by atoms with Crippen molar-refractivity contribution in [3.63, 3.8) is 0 Å². The van der Waals surface area contributed by atoms with E-state index in [2.05, 4.69) is 36.7 Å². The predicted octanol–water partition coefficient (Wildman–Crippen LogP) is 2.61. The van der Waals surface area contributed by atoms with E-state index in [-0.39, 0.29) is 6.61 Å². The molecule has 0 saturated carbocycles. The molecule has 4 heteroatoms. The molecule has 3 nitrogen and oxygen atoms in total. The van der Waals surface area contributed by atoms with Crippen LogP contribution in [-0.4, -0.2) is 49.1 Å². The molecule has 0 unspecified atom stereocenters. The third kappa shape index (κ3) is 6.43. The molecule has 0 saturated heterocycles. The fourth-order valence-corrected chi connectivity index (χ4v) is 2.95. The van der Waals surface area contributed by atoms with E-state index in [9.17, 15) is 0 Å². The van der Waals surface area contributed by atoms with E-state index in [1.54, 1.807) is 7.11 Å². The summed E-state index contributed by atoms with van der Waals surface area (Å²) in [5, 5.41) is 8.81. The summed E-state index contributed by atoms with van der Waals surface area (Å²) in [6, 6.07) is 6.07. The number of hydrogen-bond donors (Lipinski definition) is 1. The lowest BCUT2D eigenvalue weighted by atomic mass is 10.1. The Bertz CT molecular complexity index is 475. The first-order chi connectivity index (χ1) is 10.2. The highest BCUT2D eigenvalue weighted by Gasteiger charge is 2.03. The van der Waals surface area contributed by atoms with Gasteiger partial charge in [-0.3, -0.25) is 0 Å². The first-order valence-corrected chi connectivity index (χ1v) is 8.47. The SMILES string of the molecule is CCN(CC)CCSCc1ccc(OC)c(C#CCO)c1. The Balaban J connectivity index is 2.55. The van der Waals surface area contributed by atoms with Crippen LogP contribution in [0.1, 0.15) is 25.0 Å². The summed E-state index contributed by atoms with van der Waals surface area (Å²) >= 11 is 1.93. The van der Waals surface area contributed by atoms with Gasteiger partial charge in [0.05, 0.1) is 12.7 Å². The highest BCUT2D eigenvalue weighted by Crippen LogP contribution is 2.21. The summed E-state index contributed by atoms with van der Waals surface area (Å²) in [6.45, 7) is 7.62. The second-order valence-electron chi connectivity index (χ2n) is 4.57. The monoisotopic (exact) mass is 307 g/mol. The topological polar surface area (TPSA) is 32.7 Å². The summed E-state index contributed by atoms with van der Waals surface area (Å²) in [4.78, 5) is 2.43. The number of aliphatic hydroxyl groups is 1. The summed E-state index contributed by atoms with van der Waals surface area (Å²) in [7, 11) is 1.64. The van der Waals surface area contributed by atoms with Crippen LogP contribution in [0, 0.1) is 11.8 Å². The number of nitrogens with zero attached hydrogens (tertiary/aromatic N) is 1. The zero-order chi connectivity index (χ0) is 15.5. The Kier molecular flexibility index (Phi) is 9.00. The number of benzene rings is 1. The van der Waals surface area contributed by atoms with Crippen LogP contribution in [0.25, 0.3) is 0 Å². The van der Waals surface area contributed by atoms with Gasteiger partial charge in [0.1, 0.15) is 12.4 Å². The molecule has 0 spiro atoms. The van der Waals surface area contributed by atoms with Crippen molar-refractivity contribution in [3.05, 3.63) is 29.3 Å². The maximum atomic E-state index is 8.81. The van der Waals surface area contributed by atoms with Gasteiger partial charge in [0.2, 0.25) is 0 Å². The van der Waals surface area contributed by atoms with E-state index >= 15 is 0 Å². The highest BCUT2D eigenvalue weighted by atomic mass is 32.2. The predicted molar refractivity (Wildman–Crippen MR) is 90.9 cm³/mol. The quantitative estimate of drug-likeness (QED) is 0.591. The summed E-state index contributed by atoms with van der Waals surface area (Å²) in [6.07, 6.45) is 0. The maximum absolute atomic E-state index is 8.81. The first-order valence-electron chi connectivity index (χ1n) is 7.31. The average Bonchev–Trinajstić information content (AvgIpc) is 2.53. The van der Waals surface area contributed by atoms with Gasteiger partial charge in [0.25, 0.3) is 0 Å².